The summed E-state index contributed by atoms with van der Waals surface area (Å²) in [5.74, 6) is -1.56. The number of ether oxygens (including phenoxy) is 3. The maximum absolute atomic E-state index is 12.0. The third-order valence-electron chi connectivity index (χ3n) is 3.58. The molecule has 2 aromatic carbocycles. The lowest BCUT2D eigenvalue weighted by molar-refractivity contribution is -0.153. The topological polar surface area (TPSA) is 115 Å². The average Bonchev–Trinajstić information content (AvgIpc) is 2.72. The summed E-state index contributed by atoms with van der Waals surface area (Å²) in [6.07, 6.45) is -0.955. The minimum absolute atomic E-state index is 0.183. The fraction of sp³-hybridized carbons (Fsp3) is 0.200. The van der Waals surface area contributed by atoms with Gasteiger partial charge in [0.25, 0.3) is 5.91 Å². The quantitative estimate of drug-likeness (QED) is 0.731. The summed E-state index contributed by atoms with van der Waals surface area (Å²) in [6.45, 7) is 0.931. The number of carbonyl (C=O) groups excluding carboxylic acids is 3. The van der Waals surface area contributed by atoms with Crippen molar-refractivity contribution in [2.24, 2.45) is 0 Å². The van der Waals surface area contributed by atoms with Crippen LogP contribution in [0, 0.1) is 11.3 Å². The van der Waals surface area contributed by atoms with Crippen LogP contribution in [0.1, 0.15) is 22.8 Å². The van der Waals surface area contributed by atoms with Gasteiger partial charge in [0.05, 0.1) is 30.0 Å². The Bertz CT molecular complexity index is 902. The number of hydrogen-bond acceptors (Lipinski definition) is 7. The molecule has 0 aliphatic heterocycles. The predicted molar refractivity (Wildman–Crippen MR) is 98.6 cm³/mol. The number of hydrogen-bond donors (Lipinski definition) is 1. The Labute approximate surface area is 161 Å². The van der Waals surface area contributed by atoms with E-state index in [2.05, 4.69) is 10.1 Å². The Balaban J connectivity index is 1.87. The van der Waals surface area contributed by atoms with Crippen LogP contribution >= 0.6 is 0 Å². The third-order valence-corrected chi connectivity index (χ3v) is 3.58. The van der Waals surface area contributed by atoms with E-state index < -0.39 is 30.6 Å². The van der Waals surface area contributed by atoms with Gasteiger partial charge >= 0.3 is 11.9 Å². The zero-order chi connectivity index (χ0) is 20.5. The van der Waals surface area contributed by atoms with E-state index in [9.17, 15) is 14.4 Å². The molecule has 28 heavy (non-hydrogen) atoms. The summed E-state index contributed by atoms with van der Waals surface area (Å²) in [5.41, 5.74) is 0.894. The van der Waals surface area contributed by atoms with E-state index in [1.54, 1.807) is 36.4 Å². The second-order valence-corrected chi connectivity index (χ2v) is 5.59. The molecule has 0 unspecified atom stereocenters. The molecule has 0 aliphatic carbocycles. The van der Waals surface area contributed by atoms with Gasteiger partial charge in [-0.15, -0.1) is 0 Å². The molecule has 0 fully saturated rings. The zero-order valence-corrected chi connectivity index (χ0v) is 15.3. The number of rotatable bonds is 7. The highest BCUT2D eigenvalue weighted by Crippen LogP contribution is 2.16. The highest BCUT2D eigenvalue weighted by molar-refractivity contribution is 6.01. The lowest BCUT2D eigenvalue weighted by Gasteiger charge is -2.14. The fourth-order valence-electron chi connectivity index (χ4n) is 2.18. The summed E-state index contributed by atoms with van der Waals surface area (Å²) < 4.78 is 15.0. The molecule has 1 atom stereocenters. The van der Waals surface area contributed by atoms with Crippen LogP contribution in [0.15, 0.2) is 48.5 Å². The van der Waals surface area contributed by atoms with Crippen molar-refractivity contribution in [3.05, 3.63) is 59.7 Å². The third kappa shape index (κ3) is 5.57. The molecule has 0 bridgehead atoms. The molecule has 0 aliphatic rings. The number of anilines is 1. The van der Waals surface area contributed by atoms with Gasteiger partial charge in [0, 0.05) is 0 Å². The van der Waals surface area contributed by atoms with Gasteiger partial charge in [-0.05, 0) is 43.3 Å². The van der Waals surface area contributed by atoms with E-state index in [-0.39, 0.29) is 11.3 Å². The van der Waals surface area contributed by atoms with Gasteiger partial charge in [-0.1, -0.05) is 12.1 Å². The molecule has 0 saturated carbocycles. The first-order valence-electron chi connectivity index (χ1n) is 8.25. The zero-order valence-electron chi connectivity index (χ0n) is 15.3. The van der Waals surface area contributed by atoms with Crippen LogP contribution in [0.25, 0.3) is 0 Å². The molecule has 144 valence electrons. The van der Waals surface area contributed by atoms with Crippen LogP contribution in [-0.2, 0) is 19.1 Å². The van der Waals surface area contributed by atoms with Crippen molar-refractivity contribution in [1.29, 1.82) is 5.26 Å². The standard InChI is InChI=1S/C20H18N2O6/c1-13(28-15-9-7-14(11-21)8-10-15)19(24)27-12-18(23)22-17-6-4-3-5-16(17)20(25)26-2/h3-10,13H,12H2,1-2H3,(H,22,23)/t13-/m1/s1. The Morgan fingerprint density at radius 1 is 1.11 bits per heavy atom. The SMILES string of the molecule is COC(=O)c1ccccc1NC(=O)COC(=O)[C@@H](C)Oc1ccc(C#N)cc1. The van der Waals surface area contributed by atoms with Crippen molar-refractivity contribution in [2.45, 2.75) is 13.0 Å². The molecule has 8 heteroatoms. The van der Waals surface area contributed by atoms with Crippen molar-refractivity contribution in [2.75, 3.05) is 19.0 Å². The number of carbonyl (C=O) groups is 3. The molecule has 1 amide bonds. The summed E-state index contributed by atoms with van der Waals surface area (Å²) >= 11 is 0. The molecule has 0 aromatic heterocycles. The summed E-state index contributed by atoms with van der Waals surface area (Å²) in [6, 6.07) is 14.5. The normalized spacial score (nSPS) is 10.9. The largest absolute Gasteiger partial charge is 0.479 e. The van der Waals surface area contributed by atoms with Gasteiger partial charge in [0.15, 0.2) is 12.7 Å². The Morgan fingerprint density at radius 2 is 1.79 bits per heavy atom. The molecule has 0 heterocycles. The van der Waals surface area contributed by atoms with E-state index in [1.807, 2.05) is 6.07 Å². The fourth-order valence-corrected chi connectivity index (χ4v) is 2.18. The van der Waals surface area contributed by atoms with Crippen LogP contribution < -0.4 is 10.1 Å². The molecule has 2 aromatic rings. The van der Waals surface area contributed by atoms with Crippen LogP contribution in [0.3, 0.4) is 0 Å². The number of nitrogens with one attached hydrogen (secondary N) is 1. The van der Waals surface area contributed by atoms with E-state index in [1.165, 1.54) is 26.2 Å². The molecule has 0 saturated heterocycles. The molecule has 8 nitrogen and oxygen atoms in total. The highest BCUT2D eigenvalue weighted by Gasteiger charge is 2.19. The maximum Gasteiger partial charge on any atom is 0.347 e. The Hall–Kier alpha value is -3.86. The van der Waals surface area contributed by atoms with E-state index in [4.69, 9.17) is 14.7 Å². The second kappa shape index (κ2) is 9.73. The van der Waals surface area contributed by atoms with Gasteiger partial charge in [-0.2, -0.15) is 5.26 Å². The lowest BCUT2D eigenvalue weighted by atomic mass is 10.2. The maximum atomic E-state index is 12.0. The number of benzene rings is 2. The number of amides is 1. The monoisotopic (exact) mass is 382 g/mol. The first kappa shape index (κ1) is 20.5. The van der Waals surface area contributed by atoms with Crippen molar-refractivity contribution < 1.29 is 28.6 Å². The van der Waals surface area contributed by atoms with Crippen LogP contribution in [0.5, 0.6) is 5.75 Å². The lowest BCUT2D eigenvalue weighted by Crippen LogP contribution is -2.30. The van der Waals surface area contributed by atoms with Gasteiger partial charge < -0.3 is 19.5 Å². The molecule has 0 spiro atoms. The van der Waals surface area contributed by atoms with Crippen LogP contribution in [-0.4, -0.2) is 37.7 Å². The molecular weight excluding hydrogens is 364 g/mol. The average molecular weight is 382 g/mol. The van der Waals surface area contributed by atoms with Crippen molar-refractivity contribution >= 4 is 23.5 Å². The van der Waals surface area contributed by atoms with Crippen molar-refractivity contribution in [1.82, 2.24) is 0 Å². The van der Waals surface area contributed by atoms with Gasteiger partial charge in [-0.25, -0.2) is 9.59 Å². The summed E-state index contributed by atoms with van der Waals surface area (Å²) in [7, 11) is 1.23. The molecular formula is C20H18N2O6. The molecule has 1 N–H and O–H groups in total. The van der Waals surface area contributed by atoms with Crippen molar-refractivity contribution in [3.8, 4) is 11.8 Å². The number of methoxy groups -OCH3 is 1. The van der Waals surface area contributed by atoms with Gasteiger partial charge in [0.2, 0.25) is 0 Å². The number of nitriles is 1. The van der Waals surface area contributed by atoms with E-state index >= 15 is 0 Å². The van der Waals surface area contributed by atoms with E-state index in [0.717, 1.165) is 0 Å². The van der Waals surface area contributed by atoms with Gasteiger partial charge in [-0.3, -0.25) is 4.79 Å². The van der Waals surface area contributed by atoms with Crippen LogP contribution in [0.4, 0.5) is 5.69 Å². The first-order valence-corrected chi connectivity index (χ1v) is 8.25. The smallest absolute Gasteiger partial charge is 0.347 e. The summed E-state index contributed by atoms with van der Waals surface area (Å²) in [5, 5.41) is 11.3. The first-order chi connectivity index (χ1) is 13.4. The van der Waals surface area contributed by atoms with Gasteiger partial charge in [0.1, 0.15) is 5.75 Å². The minimum atomic E-state index is -0.955. The molecule has 2 rings (SSSR count). The Morgan fingerprint density at radius 3 is 2.43 bits per heavy atom. The Kier molecular flexibility index (Phi) is 7.11. The molecule has 0 radical (unpaired) electrons. The van der Waals surface area contributed by atoms with Crippen molar-refractivity contribution in [3.63, 3.8) is 0 Å². The van der Waals surface area contributed by atoms with Crippen LogP contribution in [0.2, 0.25) is 0 Å². The minimum Gasteiger partial charge on any atom is -0.479 e. The second-order valence-electron chi connectivity index (χ2n) is 5.59. The number of esters is 2. The summed E-state index contributed by atoms with van der Waals surface area (Å²) in [4.78, 5) is 35.7. The van der Waals surface area contributed by atoms with E-state index in [0.29, 0.717) is 11.3 Å². The predicted octanol–water partition coefficient (Wildman–Crippen LogP) is 2.29. The highest BCUT2D eigenvalue weighted by atomic mass is 16.6. The number of nitrogens with zero attached hydrogens (tertiary/aromatic N) is 1. The number of para-hydroxylation sites is 1.